The summed E-state index contributed by atoms with van der Waals surface area (Å²) in [6.45, 7) is 4.62. The fourth-order valence-corrected chi connectivity index (χ4v) is 1.61. The monoisotopic (exact) mass is 261 g/mol. The summed E-state index contributed by atoms with van der Waals surface area (Å²) in [6, 6.07) is 2.95. The van der Waals surface area contributed by atoms with Crippen LogP contribution in [0.5, 0.6) is 11.6 Å². The summed E-state index contributed by atoms with van der Waals surface area (Å²) < 4.78 is 7.26. The van der Waals surface area contributed by atoms with Gasteiger partial charge in [0.15, 0.2) is 5.75 Å². The summed E-state index contributed by atoms with van der Waals surface area (Å²) >= 11 is 0. The maximum absolute atomic E-state index is 11.0. The molecule has 0 aliphatic heterocycles. The first-order valence-electron chi connectivity index (χ1n) is 6.07. The molecular formula is C13H15N3O3. The van der Waals surface area contributed by atoms with Gasteiger partial charge in [0, 0.05) is 18.3 Å². The van der Waals surface area contributed by atoms with Crippen molar-refractivity contribution < 1.29 is 14.6 Å². The molecule has 0 atom stereocenters. The molecule has 1 N–H and O–H groups in total. The number of ether oxygens (including phenoxy) is 1. The van der Waals surface area contributed by atoms with E-state index < -0.39 is 5.97 Å². The van der Waals surface area contributed by atoms with Crippen molar-refractivity contribution in [1.29, 1.82) is 0 Å². The summed E-state index contributed by atoms with van der Waals surface area (Å²) in [6.07, 6.45) is 3.96. The van der Waals surface area contributed by atoms with E-state index in [0.29, 0.717) is 17.9 Å². The Balaban J connectivity index is 2.28. The molecule has 2 aromatic rings. The lowest BCUT2D eigenvalue weighted by Crippen LogP contribution is -2.01. The molecule has 0 bridgehead atoms. The summed E-state index contributed by atoms with van der Waals surface area (Å²) in [5.74, 6) is -0.183. The number of carboxylic acids is 1. The lowest BCUT2D eigenvalue weighted by atomic mass is 10.2. The molecule has 6 nitrogen and oxygen atoms in total. The minimum absolute atomic E-state index is 0.171. The van der Waals surface area contributed by atoms with E-state index in [-0.39, 0.29) is 11.4 Å². The van der Waals surface area contributed by atoms with Crippen LogP contribution in [-0.4, -0.2) is 25.8 Å². The van der Waals surface area contributed by atoms with Gasteiger partial charge in [-0.05, 0) is 19.4 Å². The first-order valence-corrected chi connectivity index (χ1v) is 6.07. The standard InChI is InChI=1S/C13H15N3O3/c1-3-10-5-9(13(17)18)6-12(15-10)19-11-7-14-16(4-2)8-11/h5-8H,3-4H2,1-2H3,(H,17,18). The van der Waals surface area contributed by atoms with Crippen LogP contribution in [0.1, 0.15) is 29.9 Å². The van der Waals surface area contributed by atoms with Gasteiger partial charge in [-0.3, -0.25) is 4.68 Å². The van der Waals surface area contributed by atoms with Crippen LogP contribution in [0.15, 0.2) is 24.5 Å². The van der Waals surface area contributed by atoms with E-state index in [1.54, 1.807) is 23.1 Å². The second-order valence-electron chi connectivity index (χ2n) is 3.98. The van der Waals surface area contributed by atoms with E-state index in [1.165, 1.54) is 6.07 Å². The van der Waals surface area contributed by atoms with Crippen molar-refractivity contribution >= 4 is 5.97 Å². The number of pyridine rings is 1. The number of nitrogens with zero attached hydrogens (tertiary/aromatic N) is 3. The van der Waals surface area contributed by atoms with Crippen LogP contribution in [0.2, 0.25) is 0 Å². The molecule has 0 radical (unpaired) electrons. The van der Waals surface area contributed by atoms with Gasteiger partial charge in [0.1, 0.15) is 0 Å². The molecule has 100 valence electrons. The Hall–Kier alpha value is -2.37. The fourth-order valence-electron chi connectivity index (χ4n) is 1.61. The van der Waals surface area contributed by atoms with Crippen LogP contribution >= 0.6 is 0 Å². The van der Waals surface area contributed by atoms with Crippen molar-refractivity contribution in [3.05, 3.63) is 35.8 Å². The SMILES string of the molecule is CCc1cc(C(=O)O)cc(Oc2cnn(CC)c2)n1. The van der Waals surface area contributed by atoms with Crippen LogP contribution in [0.25, 0.3) is 0 Å². The molecule has 0 unspecified atom stereocenters. The number of aromatic carboxylic acids is 1. The van der Waals surface area contributed by atoms with Gasteiger partial charge in [-0.1, -0.05) is 6.92 Å². The Morgan fingerprint density at radius 3 is 2.79 bits per heavy atom. The Morgan fingerprint density at radius 1 is 1.42 bits per heavy atom. The molecule has 2 aromatic heterocycles. The Kier molecular flexibility index (Phi) is 3.79. The zero-order valence-corrected chi connectivity index (χ0v) is 10.8. The molecule has 0 amide bonds. The summed E-state index contributed by atoms with van der Waals surface area (Å²) in [5.41, 5.74) is 0.850. The van der Waals surface area contributed by atoms with Gasteiger partial charge < -0.3 is 9.84 Å². The molecular weight excluding hydrogens is 246 g/mol. The maximum atomic E-state index is 11.0. The Bertz CT molecular complexity index is 593. The first kappa shape index (κ1) is 13.1. The number of aryl methyl sites for hydroxylation is 2. The zero-order chi connectivity index (χ0) is 13.8. The maximum Gasteiger partial charge on any atom is 0.335 e. The third kappa shape index (κ3) is 3.09. The molecule has 0 aliphatic rings. The van der Waals surface area contributed by atoms with E-state index >= 15 is 0 Å². The quantitative estimate of drug-likeness (QED) is 0.893. The summed E-state index contributed by atoms with van der Waals surface area (Å²) in [4.78, 5) is 15.3. The Morgan fingerprint density at radius 2 is 2.21 bits per heavy atom. The fraction of sp³-hybridized carbons (Fsp3) is 0.308. The topological polar surface area (TPSA) is 77.2 Å². The number of hydrogen-bond donors (Lipinski definition) is 1. The molecule has 0 spiro atoms. The van der Waals surface area contributed by atoms with E-state index in [0.717, 1.165) is 6.54 Å². The summed E-state index contributed by atoms with van der Waals surface area (Å²) in [7, 11) is 0. The predicted molar refractivity (Wildman–Crippen MR) is 68.5 cm³/mol. The third-order valence-corrected chi connectivity index (χ3v) is 2.62. The molecule has 2 rings (SSSR count). The lowest BCUT2D eigenvalue weighted by molar-refractivity contribution is 0.0696. The number of carbonyl (C=O) groups is 1. The largest absolute Gasteiger partial charge is 0.478 e. The average molecular weight is 261 g/mol. The van der Waals surface area contributed by atoms with E-state index in [1.807, 2.05) is 13.8 Å². The highest BCUT2D eigenvalue weighted by Gasteiger charge is 2.10. The number of hydrogen-bond acceptors (Lipinski definition) is 4. The van der Waals surface area contributed by atoms with Crippen LogP contribution in [0.4, 0.5) is 0 Å². The zero-order valence-electron chi connectivity index (χ0n) is 10.8. The third-order valence-electron chi connectivity index (χ3n) is 2.62. The highest BCUT2D eigenvalue weighted by atomic mass is 16.5. The van der Waals surface area contributed by atoms with Crippen molar-refractivity contribution in [3.63, 3.8) is 0 Å². The van der Waals surface area contributed by atoms with E-state index in [2.05, 4.69) is 10.1 Å². The van der Waals surface area contributed by atoms with Gasteiger partial charge in [0.2, 0.25) is 5.88 Å². The number of carboxylic acid groups (broad SMARTS) is 1. The lowest BCUT2D eigenvalue weighted by Gasteiger charge is -2.05. The first-order chi connectivity index (χ1) is 9.12. The number of aromatic nitrogens is 3. The van der Waals surface area contributed by atoms with Gasteiger partial charge in [-0.15, -0.1) is 0 Å². The minimum Gasteiger partial charge on any atom is -0.478 e. The molecule has 2 heterocycles. The number of rotatable bonds is 5. The second kappa shape index (κ2) is 5.51. The molecule has 0 saturated heterocycles. The van der Waals surface area contributed by atoms with Crippen LogP contribution in [-0.2, 0) is 13.0 Å². The molecule has 0 saturated carbocycles. The molecule has 19 heavy (non-hydrogen) atoms. The predicted octanol–water partition coefficient (Wildman–Crippen LogP) is 2.35. The van der Waals surface area contributed by atoms with Crippen molar-refractivity contribution in [2.24, 2.45) is 0 Å². The molecule has 6 heteroatoms. The van der Waals surface area contributed by atoms with Crippen molar-refractivity contribution in [1.82, 2.24) is 14.8 Å². The molecule has 0 aliphatic carbocycles. The highest BCUT2D eigenvalue weighted by Crippen LogP contribution is 2.21. The minimum atomic E-state index is -0.994. The van der Waals surface area contributed by atoms with Crippen molar-refractivity contribution in [3.8, 4) is 11.6 Å². The van der Waals surface area contributed by atoms with Gasteiger partial charge in [0.25, 0.3) is 0 Å². The molecule has 0 aromatic carbocycles. The normalized spacial score (nSPS) is 10.4. The van der Waals surface area contributed by atoms with Crippen LogP contribution in [0, 0.1) is 0 Å². The van der Waals surface area contributed by atoms with E-state index in [9.17, 15) is 4.79 Å². The molecule has 0 fully saturated rings. The smallest absolute Gasteiger partial charge is 0.335 e. The van der Waals surface area contributed by atoms with Crippen molar-refractivity contribution in [2.75, 3.05) is 0 Å². The highest BCUT2D eigenvalue weighted by molar-refractivity contribution is 5.88. The average Bonchev–Trinajstić information content (AvgIpc) is 2.85. The summed E-state index contributed by atoms with van der Waals surface area (Å²) in [5, 5.41) is 13.1. The van der Waals surface area contributed by atoms with Crippen LogP contribution in [0.3, 0.4) is 0 Å². The van der Waals surface area contributed by atoms with E-state index in [4.69, 9.17) is 9.84 Å². The van der Waals surface area contributed by atoms with Gasteiger partial charge in [-0.2, -0.15) is 5.10 Å². The van der Waals surface area contributed by atoms with Gasteiger partial charge in [0.05, 0.1) is 18.0 Å². The van der Waals surface area contributed by atoms with Gasteiger partial charge >= 0.3 is 5.97 Å². The second-order valence-corrected chi connectivity index (χ2v) is 3.98. The Labute approximate surface area is 110 Å². The van der Waals surface area contributed by atoms with Gasteiger partial charge in [-0.25, -0.2) is 9.78 Å². The van der Waals surface area contributed by atoms with Crippen LogP contribution < -0.4 is 4.74 Å². The van der Waals surface area contributed by atoms with Crippen molar-refractivity contribution in [2.45, 2.75) is 26.8 Å².